The molecule has 15 heavy (non-hydrogen) atoms. The molecule has 1 aliphatic carbocycles. The molecule has 2 heteroatoms. The summed E-state index contributed by atoms with van der Waals surface area (Å²) in [4.78, 5) is 0. The van der Waals surface area contributed by atoms with Crippen LogP contribution in [0.5, 0.6) is 0 Å². The van der Waals surface area contributed by atoms with Crippen LogP contribution in [0.25, 0.3) is 0 Å². The summed E-state index contributed by atoms with van der Waals surface area (Å²) in [6, 6.07) is 8.60. The maximum atomic E-state index is 8.74. The Kier molecular flexibility index (Phi) is 3.08. The van der Waals surface area contributed by atoms with E-state index in [4.69, 9.17) is 9.84 Å². The van der Waals surface area contributed by atoms with Crippen LogP contribution in [0.4, 0.5) is 0 Å². The standard InChI is InChI=1S/C13H18O2/c1-15-13(8-9-13)12-6-4-11(5-7-12)3-2-10-14/h4-7,14H,2-3,8-10H2,1H3. The maximum Gasteiger partial charge on any atom is 0.0929 e. The van der Waals surface area contributed by atoms with Gasteiger partial charge in [-0.2, -0.15) is 0 Å². The van der Waals surface area contributed by atoms with Gasteiger partial charge in [-0.05, 0) is 36.8 Å². The topological polar surface area (TPSA) is 29.5 Å². The molecule has 2 rings (SSSR count). The molecule has 1 saturated carbocycles. The Morgan fingerprint density at radius 1 is 1.27 bits per heavy atom. The van der Waals surface area contributed by atoms with Crippen LogP contribution in [-0.2, 0) is 16.8 Å². The minimum absolute atomic E-state index is 0.0233. The molecule has 1 aliphatic rings. The van der Waals surface area contributed by atoms with Gasteiger partial charge in [0.1, 0.15) is 0 Å². The van der Waals surface area contributed by atoms with Gasteiger partial charge in [0.05, 0.1) is 5.60 Å². The van der Waals surface area contributed by atoms with E-state index in [1.165, 1.54) is 11.1 Å². The van der Waals surface area contributed by atoms with Crippen LogP contribution in [0.15, 0.2) is 24.3 Å². The van der Waals surface area contributed by atoms with Gasteiger partial charge in [0, 0.05) is 13.7 Å². The van der Waals surface area contributed by atoms with E-state index >= 15 is 0 Å². The molecule has 2 nitrogen and oxygen atoms in total. The van der Waals surface area contributed by atoms with E-state index in [0.29, 0.717) is 0 Å². The van der Waals surface area contributed by atoms with Crippen molar-refractivity contribution in [1.82, 2.24) is 0 Å². The van der Waals surface area contributed by atoms with Crippen LogP contribution in [0, 0.1) is 0 Å². The van der Waals surface area contributed by atoms with Crippen molar-refractivity contribution in [2.75, 3.05) is 13.7 Å². The van der Waals surface area contributed by atoms with E-state index in [0.717, 1.165) is 25.7 Å². The average Bonchev–Trinajstić information content (AvgIpc) is 3.08. The quantitative estimate of drug-likeness (QED) is 0.800. The number of benzene rings is 1. The second kappa shape index (κ2) is 4.33. The van der Waals surface area contributed by atoms with Crippen LogP contribution in [0.1, 0.15) is 30.4 Å². The van der Waals surface area contributed by atoms with E-state index in [-0.39, 0.29) is 12.2 Å². The Morgan fingerprint density at radius 2 is 1.93 bits per heavy atom. The van der Waals surface area contributed by atoms with Crippen molar-refractivity contribution >= 4 is 0 Å². The van der Waals surface area contributed by atoms with E-state index in [1.807, 2.05) is 0 Å². The predicted molar refractivity (Wildman–Crippen MR) is 59.8 cm³/mol. The smallest absolute Gasteiger partial charge is 0.0929 e. The van der Waals surface area contributed by atoms with Crippen molar-refractivity contribution in [3.05, 3.63) is 35.4 Å². The van der Waals surface area contributed by atoms with Crippen molar-refractivity contribution in [2.45, 2.75) is 31.3 Å². The normalized spacial score (nSPS) is 17.7. The van der Waals surface area contributed by atoms with Gasteiger partial charge in [-0.1, -0.05) is 24.3 Å². The highest BCUT2D eigenvalue weighted by atomic mass is 16.5. The maximum absolute atomic E-state index is 8.74. The lowest BCUT2D eigenvalue weighted by Crippen LogP contribution is -2.08. The Hall–Kier alpha value is -0.860. The lowest BCUT2D eigenvalue weighted by Gasteiger charge is -2.13. The number of hydrogen-bond donors (Lipinski definition) is 1. The summed E-state index contributed by atoms with van der Waals surface area (Å²) >= 11 is 0. The molecule has 1 aromatic carbocycles. The molecule has 0 spiro atoms. The van der Waals surface area contributed by atoms with Gasteiger partial charge in [-0.25, -0.2) is 0 Å². The summed E-state index contributed by atoms with van der Waals surface area (Å²) in [6.07, 6.45) is 4.07. The van der Waals surface area contributed by atoms with Gasteiger partial charge in [-0.15, -0.1) is 0 Å². The highest BCUT2D eigenvalue weighted by molar-refractivity contribution is 5.31. The Morgan fingerprint density at radius 3 is 2.40 bits per heavy atom. The Labute approximate surface area is 90.9 Å². The first-order chi connectivity index (χ1) is 7.30. The fraction of sp³-hybridized carbons (Fsp3) is 0.538. The van der Waals surface area contributed by atoms with Gasteiger partial charge in [-0.3, -0.25) is 0 Å². The largest absolute Gasteiger partial charge is 0.396 e. The Bertz CT molecular complexity index is 312. The molecule has 0 radical (unpaired) electrons. The summed E-state index contributed by atoms with van der Waals surface area (Å²) in [6.45, 7) is 0.268. The van der Waals surface area contributed by atoms with E-state index in [9.17, 15) is 0 Å². The summed E-state index contributed by atoms with van der Waals surface area (Å²) in [5.41, 5.74) is 2.60. The van der Waals surface area contributed by atoms with Gasteiger partial charge < -0.3 is 9.84 Å². The second-order valence-corrected chi connectivity index (χ2v) is 4.22. The number of rotatable bonds is 5. The highest BCUT2D eigenvalue weighted by Crippen LogP contribution is 2.48. The predicted octanol–water partition coefficient (Wildman–Crippen LogP) is 2.25. The van der Waals surface area contributed by atoms with Gasteiger partial charge in [0.15, 0.2) is 0 Å². The molecule has 1 aromatic rings. The van der Waals surface area contributed by atoms with Gasteiger partial charge >= 0.3 is 0 Å². The lowest BCUT2D eigenvalue weighted by atomic mass is 10.0. The molecular weight excluding hydrogens is 188 g/mol. The minimum Gasteiger partial charge on any atom is -0.396 e. The second-order valence-electron chi connectivity index (χ2n) is 4.22. The zero-order valence-corrected chi connectivity index (χ0v) is 9.20. The molecule has 0 amide bonds. The lowest BCUT2D eigenvalue weighted by molar-refractivity contribution is 0.0789. The third-order valence-corrected chi connectivity index (χ3v) is 3.20. The van der Waals surface area contributed by atoms with Crippen molar-refractivity contribution < 1.29 is 9.84 Å². The fourth-order valence-corrected chi connectivity index (χ4v) is 1.98. The first-order valence-corrected chi connectivity index (χ1v) is 5.56. The van der Waals surface area contributed by atoms with Crippen LogP contribution in [0.2, 0.25) is 0 Å². The summed E-state index contributed by atoms with van der Waals surface area (Å²) < 4.78 is 5.52. The van der Waals surface area contributed by atoms with Crippen LogP contribution < -0.4 is 0 Å². The third kappa shape index (κ3) is 2.21. The minimum atomic E-state index is 0.0233. The van der Waals surface area contributed by atoms with Crippen molar-refractivity contribution in [2.24, 2.45) is 0 Å². The number of aryl methyl sites for hydroxylation is 1. The molecule has 0 aliphatic heterocycles. The molecule has 0 unspecified atom stereocenters. The number of ether oxygens (including phenoxy) is 1. The molecule has 1 fully saturated rings. The third-order valence-electron chi connectivity index (χ3n) is 3.20. The van der Waals surface area contributed by atoms with Gasteiger partial charge in [0.25, 0.3) is 0 Å². The number of aliphatic hydroxyl groups excluding tert-OH is 1. The number of methoxy groups -OCH3 is 1. The highest BCUT2D eigenvalue weighted by Gasteiger charge is 2.44. The van der Waals surface area contributed by atoms with Crippen LogP contribution in [0.3, 0.4) is 0 Å². The SMILES string of the molecule is COC1(c2ccc(CCCO)cc2)CC1. The molecule has 0 bridgehead atoms. The molecular formula is C13H18O2. The van der Waals surface area contributed by atoms with Crippen molar-refractivity contribution in [3.63, 3.8) is 0 Å². The number of aliphatic hydroxyl groups is 1. The van der Waals surface area contributed by atoms with Crippen molar-refractivity contribution in [3.8, 4) is 0 Å². The first-order valence-electron chi connectivity index (χ1n) is 5.56. The van der Waals surface area contributed by atoms with E-state index < -0.39 is 0 Å². The molecule has 82 valence electrons. The summed E-state index contributed by atoms with van der Waals surface area (Å²) in [5, 5.41) is 8.74. The van der Waals surface area contributed by atoms with Crippen molar-refractivity contribution in [1.29, 1.82) is 0 Å². The molecule has 1 N–H and O–H groups in total. The fourth-order valence-electron chi connectivity index (χ4n) is 1.98. The molecule has 0 aromatic heterocycles. The average molecular weight is 206 g/mol. The molecule has 0 saturated heterocycles. The molecule has 0 heterocycles. The van der Waals surface area contributed by atoms with Crippen LogP contribution in [-0.4, -0.2) is 18.8 Å². The zero-order chi connectivity index (χ0) is 10.7. The molecule has 0 atom stereocenters. The zero-order valence-electron chi connectivity index (χ0n) is 9.20. The summed E-state index contributed by atoms with van der Waals surface area (Å²) in [5.74, 6) is 0. The number of hydrogen-bond acceptors (Lipinski definition) is 2. The van der Waals surface area contributed by atoms with Gasteiger partial charge in [0.2, 0.25) is 0 Å². The summed E-state index contributed by atoms with van der Waals surface area (Å²) in [7, 11) is 1.78. The first kappa shape index (κ1) is 10.7. The van der Waals surface area contributed by atoms with Crippen LogP contribution >= 0.6 is 0 Å². The van der Waals surface area contributed by atoms with E-state index in [1.54, 1.807) is 7.11 Å². The Balaban J connectivity index is 2.04. The van der Waals surface area contributed by atoms with E-state index in [2.05, 4.69) is 24.3 Å². The monoisotopic (exact) mass is 206 g/mol.